The molecule has 0 spiro atoms. The molecule has 0 amide bonds. The lowest BCUT2D eigenvalue weighted by molar-refractivity contribution is 0.415. The average Bonchev–Trinajstić information content (AvgIpc) is 2.85. The summed E-state index contributed by atoms with van der Waals surface area (Å²) in [6, 6.07) is 39.9. The number of methoxy groups -OCH3 is 1. The zero-order chi connectivity index (χ0) is 23.5. The van der Waals surface area contributed by atoms with Crippen molar-refractivity contribution in [3.63, 3.8) is 0 Å². The highest BCUT2D eigenvalue weighted by Crippen LogP contribution is 2.35. The van der Waals surface area contributed by atoms with Crippen LogP contribution in [0.3, 0.4) is 0 Å². The number of aryl methyl sites for hydroxylation is 1. The summed E-state index contributed by atoms with van der Waals surface area (Å²) in [5, 5.41) is 1.43. The topological polar surface area (TPSA) is 9.23 Å². The maximum absolute atomic E-state index is 6.52. The van der Waals surface area contributed by atoms with Crippen LogP contribution in [0, 0.1) is 10.5 Å². The highest BCUT2D eigenvalue weighted by atomic mass is 127. The predicted octanol–water partition coefficient (Wildman–Crippen LogP) is 8.06. The van der Waals surface area contributed by atoms with Crippen LogP contribution < -0.4 is 9.92 Å². The molecule has 3 radical (unpaired) electrons. The van der Waals surface area contributed by atoms with Gasteiger partial charge in [-0.25, -0.2) is 0 Å². The molecule has 5 heteroatoms. The fraction of sp³-hybridized carbons (Fsp3) is 0.172. The minimum absolute atomic E-state index is 0. The zero-order valence-corrected chi connectivity index (χ0v) is 23.7. The Morgan fingerprint density at radius 3 is 1.62 bits per heavy atom. The molecule has 0 aliphatic carbocycles. The van der Waals surface area contributed by atoms with Gasteiger partial charge in [0.15, 0.2) is 7.38 Å². The van der Waals surface area contributed by atoms with E-state index in [0.29, 0.717) is 0 Å². The third-order valence-corrected chi connectivity index (χ3v) is 11.8. The Morgan fingerprint density at radius 1 is 0.706 bits per heavy atom. The molecule has 173 valence electrons. The van der Waals surface area contributed by atoms with E-state index in [1.54, 1.807) is 7.11 Å². The lowest BCUT2D eigenvalue weighted by Crippen LogP contribution is -2.47. The second-order valence-corrected chi connectivity index (χ2v) is 15.0. The van der Waals surface area contributed by atoms with Crippen LogP contribution in [0.2, 0.25) is 12.1 Å². The van der Waals surface area contributed by atoms with Crippen molar-refractivity contribution >= 4 is 54.7 Å². The van der Waals surface area contributed by atoms with Crippen molar-refractivity contribution < 1.29 is 4.74 Å². The van der Waals surface area contributed by atoms with Crippen molar-refractivity contribution in [1.29, 1.82) is 0 Å². The standard InChI is InChI=1S/C13H12O.C10H13ClSi.C6H5I.B/c1-14-13-9-7-12(8-10-13)11-5-3-2-4-6-11;1-9-3-5-10(6-4-9)12(11)7-2-8-12;7-6-4-2-1-3-5-6;/h2-10H,1H3;3-6H,2,7-8H2,1H3;1-5H;. The van der Waals surface area contributed by atoms with Gasteiger partial charge in [0.25, 0.3) is 0 Å². The molecular weight excluding hydrogens is 566 g/mol. The summed E-state index contributed by atoms with van der Waals surface area (Å²) >= 11 is 8.80. The largest absolute Gasteiger partial charge is 0.497 e. The second-order valence-electron chi connectivity index (χ2n) is 8.07. The Labute approximate surface area is 226 Å². The molecule has 1 aliphatic rings. The molecule has 0 saturated carbocycles. The summed E-state index contributed by atoms with van der Waals surface area (Å²) in [4.78, 5) is 0. The van der Waals surface area contributed by atoms with E-state index in [9.17, 15) is 0 Å². The van der Waals surface area contributed by atoms with Crippen molar-refractivity contribution in [2.45, 2.75) is 25.4 Å². The van der Waals surface area contributed by atoms with E-state index in [-0.39, 0.29) is 8.41 Å². The van der Waals surface area contributed by atoms with Gasteiger partial charge in [0, 0.05) is 12.0 Å². The minimum Gasteiger partial charge on any atom is -0.497 e. The quantitative estimate of drug-likeness (QED) is 0.132. The molecule has 1 fully saturated rings. The van der Waals surface area contributed by atoms with Gasteiger partial charge >= 0.3 is 0 Å². The third kappa shape index (κ3) is 8.64. The van der Waals surface area contributed by atoms with Gasteiger partial charge in [-0.3, -0.25) is 0 Å². The van der Waals surface area contributed by atoms with Gasteiger partial charge in [0.1, 0.15) is 5.75 Å². The third-order valence-electron chi connectivity index (χ3n) is 5.65. The van der Waals surface area contributed by atoms with Gasteiger partial charge in [-0.2, -0.15) is 11.1 Å². The van der Waals surface area contributed by atoms with E-state index in [2.05, 4.69) is 90.2 Å². The lowest BCUT2D eigenvalue weighted by atomic mass is 10.1. The van der Waals surface area contributed by atoms with Crippen LogP contribution in [0.1, 0.15) is 12.0 Å². The van der Waals surface area contributed by atoms with Crippen molar-refractivity contribution in [3.05, 3.63) is 118 Å². The molecule has 5 rings (SSSR count). The number of rotatable bonds is 3. The van der Waals surface area contributed by atoms with Crippen molar-refractivity contribution in [3.8, 4) is 16.9 Å². The zero-order valence-electron chi connectivity index (χ0n) is 19.8. The summed E-state index contributed by atoms with van der Waals surface area (Å²) in [5.41, 5.74) is 3.77. The number of halogens is 2. The molecule has 1 saturated heterocycles. The molecule has 0 bridgehead atoms. The predicted molar refractivity (Wildman–Crippen MR) is 160 cm³/mol. The van der Waals surface area contributed by atoms with E-state index in [0.717, 1.165) is 5.75 Å². The Morgan fingerprint density at radius 2 is 1.21 bits per heavy atom. The molecule has 1 nitrogen and oxygen atoms in total. The van der Waals surface area contributed by atoms with E-state index in [4.69, 9.17) is 15.8 Å². The van der Waals surface area contributed by atoms with Gasteiger partial charge in [0.05, 0.1) is 7.11 Å². The first kappa shape index (κ1) is 28.2. The first-order valence-electron chi connectivity index (χ1n) is 11.2. The SMILES string of the molecule is COc1ccc(-c2ccccc2)cc1.Cc1ccc([Si]2(Cl)CCC2)cc1.Ic1ccccc1.[B]. The Kier molecular flexibility index (Phi) is 11.9. The van der Waals surface area contributed by atoms with Crippen molar-refractivity contribution in [1.82, 2.24) is 0 Å². The average molecular weight is 596 g/mol. The normalized spacial score (nSPS) is 12.9. The van der Waals surface area contributed by atoms with Gasteiger partial charge in [0.2, 0.25) is 0 Å². The molecule has 0 aromatic heterocycles. The van der Waals surface area contributed by atoms with Crippen LogP contribution in [0.4, 0.5) is 0 Å². The minimum atomic E-state index is -1.42. The molecule has 0 N–H and O–H groups in total. The number of benzene rings is 4. The fourth-order valence-electron chi connectivity index (χ4n) is 3.46. The smallest absolute Gasteiger partial charge is 0.186 e. The molecular formula is C29H30BClIOSi. The summed E-state index contributed by atoms with van der Waals surface area (Å²) < 4.78 is 6.40. The van der Waals surface area contributed by atoms with Gasteiger partial charge < -0.3 is 4.74 Å². The van der Waals surface area contributed by atoms with E-state index >= 15 is 0 Å². The Hall–Kier alpha value is -2.02. The van der Waals surface area contributed by atoms with Gasteiger partial charge in [-0.05, 0) is 82.2 Å². The van der Waals surface area contributed by atoms with Gasteiger partial charge in [-0.15, -0.1) is 0 Å². The first-order chi connectivity index (χ1) is 16.0. The van der Waals surface area contributed by atoms with E-state index < -0.39 is 7.38 Å². The molecule has 4 aromatic rings. The van der Waals surface area contributed by atoms with Crippen LogP contribution in [0.25, 0.3) is 11.1 Å². The van der Waals surface area contributed by atoms with Gasteiger partial charge in [-0.1, -0.05) is 96.9 Å². The number of hydrogen-bond acceptors (Lipinski definition) is 1. The Bertz CT molecular complexity index is 1090. The van der Waals surface area contributed by atoms with Crippen LogP contribution in [0.15, 0.2) is 109 Å². The van der Waals surface area contributed by atoms with Crippen LogP contribution in [-0.4, -0.2) is 22.9 Å². The Balaban J connectivity index is 0.000000187. The van der Waals surface area contributed by atoms with Crippen LogP contribution >= 0.6 is 33.7 Å². The fourth-order valence-corrected chi connectivity index (χ4v) is 7.37. The molecule has 1 heterocycles. The van der Waals surface area contributed by atoms with E-state index in [1.165, 1.54) is 44.0 Å². The molecule has 34 heavy (non-hydrogen) atoms. The number of hydrogen-bond donors (Lipinski definition) is 0. The monoisotopic (exact) mass is 595 g/mol. The number of ether oxygens (including phenoxy) is 1. The molecule has 0 unspecified atom stereocenters. The maximum atomic E-state index is 6.52. The van der Waals surface area contributed by atoms with Crippen molar-refractivity contribution in [2.75, 3.05) is 7.11 Å². The molecule has 4 aromatic carbocycles. The van der Waals surface area contributed by atoms with Crippen LogP contribution in [-0.2, 0) is 0 Å². The maximum Gasteiger partial charge on any atom is 0.186 e. The highest BCUT2D eigenvalue weighted by Gasteiger charge is 2.39. The summed E-state index contributed by atoms with van der Waals surface area (Å²) in [5.74, 6) is 0.893. The van der Waals surface area contributed by atoms with Crippen molar-refractivity contribution in [2.24, 2.45) is 0 Å². The summed E-state index contributed by atoms with van der Waals surface area (Å²) in [6.07, 6.45) is 1.34. The summed E-state index contributed by atoms with van der Waals surface area (Å²) in [6.45, 7) is 2.12. The van der Waals surface area contributed by atoms with E-state index in [1.807, 2.05) is 48.5 Å². The lowest BCUT2D eigenvalue weighted by Gasteiger charge is -2.33. The molecule has 0 atom stereocenters. The molecule has 1 aliphatic heterocycles. The second kappa shape index (κ2) is 14.4. The first-order valence-corrected chi connectivity index (χ1v) is 15.7. The highest BCUT2D eigenvalue weighted by molar-refractivity contribution is 14.1. The van der Waals surface area contributed by atoms with Crippen LogP contribution in [0.5, 0.6) is 5.75 Å². The summed E-state index contributed by atoms with van der Waals surface area (Å²) in [7, 11) is 0.255.